The molecule has 1 saturated heterocycles. The number of hydrogen-bond acceptors (Lipinski definition) is 3. The Balaban J connectivity index is 2.76. The summed E-state index contributed by atoms with van der Waals surface area (Å²) in [5.74, 6) is -1.41. The monoisotopic (exact) mass is 212 g/mol. The van der Waals surface area contributed by atoms with E-state index in [9.17, 15) is 9.59 Å². The third kappa shape index (κ3) is 3.06. The van der Waals surface area contributed by atoms with Crippen molar-refractivity contribution < 1.29 is 14.7 Å². The van der Waals surface area contributed by atoms with Gasteiger partial charge in [0, 0.05) is 19.6 Å². The van der Waals surface area contributed by atoms with Crippen LogP contribution in [0.15, 0.2) is 12.7 Å². The standard InChI is InChI=1S/C10H16N2O3/c1-3-4-12-6-8(10(14)15)5-11(2)7-9(12)13/h3,8H,1,4-7H2,2H3,(H,14,15). The molecule has 0 aromatic carbocycles. The van der Waals surface area contributed by atoms with Crippen molar-refractivity contribution in [3.05, 3.63) is 12.7 Å². The van der Waals surface area contributed by atoms with Gasteiger partial charge in [0.2, 0.25) is 5.91 Å². The average molecular weight is 212 g/mol. The van der Waals surface area contributed by atoms with Gasteiger partial charge in [0.25, 0.3) is 0 Å². The van der Waals surface area contributed by atoms with Crippen LogP contribution in [0.2, 0.25) is 0 Å². The summed E-state index contributed by atoms with van der Waals surface area (Å²) < 4.78 is 0. The average Bonchev–Trinajstić information content (AvgIpc) is 2.27. The summed E-state index contributed by atoms with van der Waals surface area (Å²) in [4.78, 5) is 25.8. The van der Waals surface area contributed by atoms with Crippen molar-refractivity contribution in [3.63, 3.8) is 0 Å². The lowest BCUT2D eigenvalue weighted by atomic mass is 10.1. The molecule has 1 amide bonds. The molecule has 84 valence electrons. The molecule has 0 radical (unpaired) electrons. The normalized spacial score (nSPS) is 23.7. The van der Waals surface area contributed by atoms with E-state index in [2.05, 4.69) is 6.58 Å². The molecule has 0 aliphatic carbocycles. The molecule has 0 saturated carbocycles. The molecular weight excluding hydrogens is 196 g/mol. The zero-order valence-electron chi connectivity index (χ0n) is 8.85. The minimum atomic E-state index is -0.856. The Morgan fingerprint density at radius 2 is 2.33 bits per heavy atom. The number of carbonyl (C=O) groups excluding carboxylic acids is 1. The van der Waals surface area contributed by atoms with Gasteiger partial charge in [0.15, 0.2) is 0 Å². The number of amides is 1. The van der Waals surface area contributed by atoms with Crippen LogP contribution < -0.4 is 0 Å². The number of carboxylic acid groups (broad SMARTS) is 1. The van der Waals surface area contributed by atoms with Gasteiger partial charge in [0.1, 0.15) is 0 Å². The Morgan fingerprint density at radius 3 is 2.87 bits per heavy atom. The maximum absolute atomic E-state index is 11.6. The van der Waals surface area contributed by atoms with E-state index < -0.39 is 11.9 Å². The molecule has 1 N–H and O–H groups in total. The lowest BCUT2D eigenvalue weighted by molar-refractivity contribution is -0.142. The number of carbonyl (C=O) groups is 2. The Kier molecular flexibility index (Phi) is 3.85. The quantitative estimate of drug-likeness (QED) is 0.649. The zero-order valence-corrected chi connectivity index (χ0v) is 8.85. The van der Waals surface area contributed by atoms with Crippen molar-refractivity contribution in [1.82, 2.24) is 9.80 Å². The molecule has 1 aliphatic heterocycles. The van der Waals surface area contributed by atoms with E-state index in [1.165, 1.54) is 4.90 Å². The van der Waals surface area contributed by atoms with Crippen LogP contribution in [-0.4, -0.2) is 60.0 Å². The summed E-state index contributed by atoms with van der Waals surface area (Å²) >= 11 is 0. The van der Waals surface area contributed by atoms with Crippen LogP contribution >= 0.6 is 0 Å². The van der Waals surface area contributed by atoms with E-state index in [0.717, 1.165) is 0 Å². The Hall–Kier alpha value is -1.36. The minimum absolute atomic E-state index is 0.0406. The molecule has 1 fully saturated rings. The third-order valence-electron chi connectivity index (χ3n) is 2.43. The van der Waals surface area contributed by atoms with Gasteiger partial charge < -0.3 is 10.0 Å². The Bertz CT molecular complexity index is 278. The summed E-state index contributed by atoms with van der Waals surface area (Å²) in [5, 5.41) is 8.96. The molecular formula is C10H16N2O3. The highest BCUT2D eigenvalue weighted by Crippen LogP contribution is 2.09. The second kappa shape index (κ2) is 4.93. The number of nitrogens with zero attached hydrogens (tertiary/aromatic N) is 2. The second-order valence-corrected chi connectivity index (χ2v) is 3.82. The zero-order chi connectivity index (χ0) is 11.4. The summed E-state index contributed by atoms with van der Waals surface area (Å²) in [5.41, 5.74) is 0. The molecule has 0 aromatic rings. The molecule has 5 heteroatoms. The summed E-state index contributed by atoms with van der Waals surface area (Å²) in [7, 11) is 1.76. The fourth-order valence-corrected chi connectivity index (χ4v) is 1.69. The first kappa shape index (κ1) is 11.7. The van der Waals surface area contributed by atoms with E-state index in [4.69, 9.17) is 5.11 Å². The van der Waals surface area contributed by atoms with Gasteiger partial charge in [-0.05, 0) is 7.05 Å². The van der Waals surface area contributed by atoms with E-state index in [0.29, 0.717) is 13.1 Å². The molecule has 0 spiro atoms. The van der Waals surface area contributed by atoms with Gasteiger partial charge >= 0.3 is 5.97 Å². The molecule has 1 heterocycles. The van der Waals surface area contributed by atoms with Gasteiger partial charge in [-0.15, -0.1) is 6.58 Å². The van der Waals surface area contributed by atoms with Crippen LogP contribution in [-0.2, 0) is 9.59 Å². The lowest BCUT2D eigenvalue weighted by Gasteiger charge is -2.20. The third-order valence-corrected chi connectivity index (χ3v) is 2.43. The highest BCUT2D eigenvalue weighted by molar-refractivity contribution is 5.80. The van der Waals surface area contributed by atoms with E-state index >= 15 is 0 Å². The largest absolute Gasteiger partial charge is 0.481 e. The number of rotatable bonds is 3. The highest BCUT2D eigenvalue weighted by atomic mass is 16.4. The van der Waals surface area contributed by atoms with Crippen molar-refractivity contribution in [2.75, 3.05) is 33.2 Å². The number of aliphatic carboxylic acids is 1. The van der Waals surface area contributed by atoms with Crippen molar-refractivity contribution in [3.8, 4) is 0 Å². The molecule has 1 rings (SSSR count). The minimum Gasteiger partial charge on any atom is -0.481 e. The summed E-state index contributed by atoms with van der Waals surface area (Å²) in [6, 6.07) is 0. The van der Waals surface area contributed by atoms with Crippen molar-refractivity contribution in [2.45, 2.75) is 0 Å². The first-order valence-electron chi connectivity index (χ1n) is 4.84. The smallest absolute Gasteiger partial charge is 0.309 e. The Labute approximate surface area is 89.0 Å². The van der Waals surface area contributed by atoms with Crippen LogP contribution in [0.25, 0.3) is 0 Å². The highest BCUT2D eigenvalue weighted by Gasteiger charge is 2.29. The first-order valence-corrected chi connectivity index (χ1v) is 4.84. The van der Waals surface area contributed by atoms with E-state index in [1.807, 2.05) is 0 Å². The number of carboxylic acids is 1. The SMILES string of the molecule is C=CCN1CC(C(=O)O)CN(C)CC1=O. The van der Waals surface area contributed by atoms with Crippen molar-refractivity contribution in [1.29, 1.82) is 0 Å². The summed E-state index contributed by atoms with van der Waals surface area (Å²) in [6.45, 7) is 4.92. The van der Waals surface area contributed by atoms with Gasteiger partial charge in [0.05, 0.1) is 12.5 Å². The van der Waals surface area contributed by atoms with Crippen LogP contribution in [0.5, 0.6) is 0 Å². The second-order valence-electron chi connectivity index (χ2n) is 3.82. The van der Waals surface area contributed by atoms with Gasteiger partial charge in [-0.1, -0.05) is 6.08 Å². The van der Waals surface area contributed by atoms with Gasteiger partial charge in [-0.3, -0.25) is 14.5 Å². The molecule has 1 atom stereocenters. The molecule has 15 heavy (non-hydrogen) atoms. The van der Waals surface area contributed by atoms with E-state index in [-0.39, 0.29) is 19.0 Å². The predicted octanol–water partition coefficient (Wildman–Crippen LogP) is -0.353. The van der Waals surface area contributed by atoms with Crippen LogP contribution in [0.4, 0.5) is 0 Å². The first-order chi connectivity index (χ1) is 7.04. The van der Waals surface area contributed by atoms with Crippen molar-refractivity contribution in [2.24, 2.45) is 5.92 Å². The van der Waals surface area contributed by atoms with Crippen LogP contribution in [0.1, 0.15) is 0 Å². The maximum Gasteiger partial charge on any atom is 0.309 e. The Morgan fingerprint density at radius 1 is 1.67 bits per heavy atom. The molecule has 0 aromatic heterocycles. The maximum atomic E-state index is 11.6. The molecule has 0 bridgehead atoms. The van der Waals surface area contributed by atoms with Gasteiger partial charge in [-0.2, -0.15) is 0 Å². The number of likely N-dealkylation sites (N-methyl/N-ethyl adjacent to an activating group) is 1. The molecule has 1 unspecified atom stereocenters. The molecule has 1 aliphatic rings. The van der Waals surface area contributed by atoms with Crippen LogP contribution in [0, 0.1) is 5.92 Å². The lowest BCUT2D eigenvalue weighted by Crippen LogP contribution is -2.37. The summed E-state index contributed by atoms with van der Waals surface area (Å²) in [6.07, 6.45) is 1.61. The number of hydrogen-bond donors (Lipinski definition) is 1. The van der Waals surface area contributed by atoms with E-state index in [1.54, 1.807) is 18.0 Å². The fourth-order valence-electron chi connectivity index (χ4n) is 1.69. The fraction of sp³-hybridized carbons (Fsp3) is 0.600. The predicted molar refractivity (Wildman–Crippen MR) is 55.4 cm³/mol. The molecule has 5 nitrogen and oxygen atoms in total. The van der Waals surface area contributed by atoms with Gasteiger partial charge in [-0.25, -0.2) is 0 Å². The van der Waals surface area contributed by atoms with Crippen molar-refractivity contribution >= 4 is 11.9 Å². The van der Waals surface area contributed by atoms with Crippen LogP contribution in [0.3, 0.4) is 0 Å². The topological polar surface area (TPSA) is 60.9 Å².